The monoisotopic (exact) mass is 165 g/mol. The fourth-order valence-corrected chi connectivity index (χ4v) is 2.27. The number of hydrogen-bond donors (Lipinski definition) is 0. The summed E-state index contributed by atoms with van der Waals surface area (Å²) in [6, 6.07) is 0. The molecule has 6 heavy (non-hydrogen) atoms. The van der Waals surface area contributed by atoms with Crippen molar-refractivity contribution in [2.75, 3.05) is 6.16 Å². The summed E-state index contributed by atoms with van der Waals surface area (Å²) in [5, 5.41) is 0. The first-order valence-corrected chi connectivity index (χ1v) is 4.03. The average Bonchev–Trinajstić information content (AvgIpc) is 1.86. The standard InChI is InChI=1S/C4H6PSe/c6-4-2-1-3-5-4/h1-3H2. The van der Waals surface area contributed by atoms with Crippen LogP contribution in [-0.4, -0.2) is 26.4 Å². The minimum atomic E-state index is 1.33. The predicted octanol–water partition coefficient (Wildman–Crippen LogP) is 1.02. The second-order valence-electron chi connectivity index (χ2n) is 1.38. The zero-order valence-corrected chi connectivity index (χ0v) is 6.08. The van der Waals surface area contributed by atoms with Crippen molar-refractivity contribution < 1.29 is 0 Å². The van der Waals surface area contributed by atoms with Gasteiger partial charge in [0.05, 0.1) is 0 Å². The minimum absolute atomic E-state index is 1.33. The molecule has 0 aromatic rings. The van der Waals surface area contributed by atoms with Gasteiger partial charge in [0, 0.05) is 0 Å². The molecule has 1 rings (SSSR count). The predicted molar refractivity (Wildman–Crippen MR) is 31.8 cm³/mol. The van der Waals surface area contributed by atoms with Crippen molar-refractivity contribution in [1.29, 1.82) is 0 Å². The first kappa shape index (κ1) is 4.84. The van der Waals surface area contributed by atoms with Gasteiger partial charge < -0.3 is 0 Å². The Morgan fingerprint density at radius 3 is 2.67 bits per heavy atom. The van der Waals surface area contributed by atoms with Gasteiger partial charge in [0.1, 0.15) is 0 Å². The van der Waals surface area contributed by atoms with E-state index < -0.39 is 0 Å². The molecular weight excluding hydrogens is 158 g/mol. The van der Waals surface area contributed by atoms with Gasteiger partial charge in [0.15, 0.2) is 0 Å². The molecule has 0 bridgehead atoms. The fraction of sp³-hybridized carbons (Fsp3) is 0.750. The summed E-state index contributed by atoms with van der Waals surface area (Å²) in [6.07, 6.45) is 4.13. The van der Waals surface area contributed by atoms with E-state index in [0.29, 0.717) is 0 Å². The van der Waals surface area contributed by atoms with Crippen LogP contribution in [0.5, 0.6) is 0 Å². The molecule has 1 aliphatic heterocycles. The molecule has 1 heterocycles. The van der Waals surface area contributed by atoms with E-state index in [1.165, 1.54) is 19.0 Å². The van der Waals surface area contributed by atoms with E-state index in [9.17, 15) is 0 Å². The molecule has 2 heteroatoms. The summed E-state index contributed by atoms with van der Waals surface area (Å²) in [6.45, 7) is 0. The molecule has 33 valence electrons. The van der Waals surface area contributed by atoms with Crippen molar-refractivity contribution in [1.82, 2.24) is 0 Å². The first-order valence-electron chi connectivity index (χ1n) is 2.10. The maximum absolute atomic E-state index is 3.04. The molecule has 0 aromatic carbocycles. The van der Waals surface area contributed by atoms with Gasteiger partial charge in [-0.3, -0.25) is 0 Å². The number of hydrogen-bond acceptors (Lipinski definition) is 0. The topological polar surface area (TPSA) is 0 Å². The van der Waals surface area contributed by atoms with E-state index in [-0.39, 0.29) is 0 Å². The molecule has 0 spiro atoms. The Labute approximate surface area is 47.9 Å². The third-order valence-corrected chi connectivity index (χ3v) is 3.19. The molecule has 0 unspecified atom stereocenters. The van der Waals surface area contributed by atoms with Crippen molar-refractivity contribution in [2.45, 2.75) is 12.8 Å². The van der Waals surface area contributed by atoms with E-state index in [2.05, 4.69) is 16.0 Å². The molecule has 0 fully saturated rings. The van der Waals surface area contributed by atoms with E-state index in [4.69, 9.17) is 0 Å². The molecule has 0 atom stereocenters. The zero-order chi connectivity index (χ0) is 4.41. The molecule has 0 amide bonds. The quantitative estimate of drug-likeness (QED) is 0.370. The molecule has 0 saturated heterocycles. The SMILES string of the molecule is [Se]C1=PCCC1. The van der Waals surface area contributed by atoms with Crippen LogP contribution in [0.25, 0.3) is 0 Å². The molecule has 1 aliphatic rings. The van der Waals surface area contributed by atoms with Crippen molar-refractivity contribution in [3.63, 3.8) is 0 Å². The molecule has 0 saturated carbocycles. The zero-order valence-electron chi connectivity index (χ0n) is 3.48. The summed E-state index contributed by atoms with van der Waals surface area (Å²) in [7, 11) is 1.55. The van der Waals surface area contributed by atoms with Crippen molar-refractivity contribution >= 4 is 28.4 Å². The third-order valence-electron chi connectivity index (χ3n) is 0.837. The summed E-state index contributed by atoms with van der Waals surface area (Å²) >= 11 is 3.04. The van der Waals surface area contributed by atoms with Crippen LogP contribution < -0.4 is 0 Å². The average molecular weight is 164 g/mol. The van der Waals surface area contributed by atoms with Gasteiger partial charge >= 0.3 is 47.4 Å². The van der Waals surface area contributed by atoms with Gasteiger partial charge in [-0.05, 0) is 0 Å². The van der Waals surface area contributed by atoms with Crippen LogP contribution in [0, 0.1) is 0 Å². The third kappa shape index (κ3) is 1.08. The van der Waals surface area contributed by atoms with Crippen LogP contribution in [-0.2, 0) is 0 Å². The summed E-state index contributed by atoms with van der Waals surface area (Å²) in [5.41, 5.74) is 0. The molecule has 0 N–H and O–H groups in total. The Bertz CT molecular complexity index is 77.6. The molecule has 0 nitrogen and oxygen atoms in total. The van der Waals surface area contributed by atoms with Gasteiger partial charge in [-0.25, -0.2) is 0 Å². The van der Waals surface area contributed by atoms with Crippen LogP contribution >= 0.6 is 8.20 Å². The van der Waals surface area contributed by atoms with E-state index >= 15 is 0 Å². The summed E-state index contributed by atoms with van der Waals surface area (Å²) in [4.78, 5) is 0. The normalized spacial score (nSPS) is 23.8. The van der Waals surface area contributed by atoms with Crippen molar-refractivity contribution in [3.8, 4) is 0 Å². The number of rotatable bonds is 0. The van der Waals surface area contributed by atoms with Crippen LogP contribution in [0.2, 0.25) is 0 Å². The Morgan fingerprint density at radius 1 is 1.67 bits per heavy atom. The van der Waals surface area contributed by atoms with Crippen LogP contribution in [0.4, 0.5) is 0 Å². The maximum atomic E-state index is 3.04. The second-order valence-corrected chi connectivity index (χ2v) is 4.40. The summed E-state index contributed by atoms with van der Waals surface area (Å²) in [5.74, 6) is 0. The van der Waals surface area contributed by atoms with E-state index in [1.807, 2.05) is 0 Å². The molecule has 1 radical (unpaired) electrons. The van der Waals surface area contributed by atoms with Crippen LogP contribution in [0.15, 0.2) is 0 Å². The first-order chi connectivity index (χ1) is 2.89. The van der Waals surface area contributed by atoms with E-state index in [0.717, 1.165) is 0 Å². The van der Waals surface area contributed by atoms with Crippen molar-refractivity contribution in [3.05, 3.63) is 0 Å². The van der Waals surface area contributed by atoms with Crippen molar-refractivity contribution in [2.24, 2.45) is 0 Å². The van der Waals surface area contributed by atoms with Gasteiger partial charge in [0.2, 0.25) is 0 Å². The van der Waals surface area contributed by atoms with Gasteiger partial charge in [0.25, 0.3) is 0 Å². The van der Waals surface area contributed by atoms with E-state index in [1.54, 1.807) is 12.4 Å². The summed E-state index contributed by atoms with van der Waals surface area (Å²) < 4.78 is 1.55. The molecule has 0 aromatic heterocycles. The Balaban J connectivity index is 2.45. The Kier molecular flexibility index (Phi) is 1.71. The Morgan fingerprint density at radius 2 is 2.50 bits per heavy atom. The van der Waals surface area contributed by atoms with Crippen LogP contribution in [0.1, 0.15) is 12.8 Å². The van der Waals surface area contributed by atoms with Crippen LogP contribution in [0.3, 0.4) is 0 Å². The van der Waals surface area contributed by atoms with Gasteiger partial charge in [-0.2, -0.15) is 0 Å². The fourth-order valence-electron chi connectivity index (χ4n) is 0.513. The molecular formula is C4H6PSe. The Hall–Kier alpha value is 0.689. The second kappa shape index (κ2) is 2.12. The molecule has 0 aliphatic carbocycles. The van der Waals surface area contributed by atoms with Gasteiger partial charge in [-0.1, -0.05) is 0 Å². The van der Waals surface area contributed by atoms with Gasteiger partial charge in [-0.15, -0.1) is 0 Å².